The van der Waals surface area contributed by atoms with E-state index in [9.17, 15) is 9.65 Å². The zero-order chi connectivity index (χ0) is 24.1. The highest BCUT2D eigenvalue weighted by molar-refractivity contribution is 7.16. The van der Waals surface area contributed by atoms with Crippen LogP contribution in [-0.4, -0.2) is 18.6 Å². The molecule has 34 heavy (non-hydrogen) atoms. The van der Waals surface area contributed by atoms with Crippen LogP contribution < -0.4 is 10.1 Å². The summed E-state index contributed by atoms with van der Waals surface area (Å²) in [6.45, 7) is 6.34. The number of ether oxygens (including phenoxy) is 1. The third-order valence-electron chi connectivity index (χ3n) is 5.79. The van der Waals surface area contributed by atoms with Crippen molar-refractivity contribution in [3.8, 4) is 17.9 Å². The summed E-state index contributed by atoms with van der Waals surface area (Å²) in [5.41, 5.74) is 5.28. The molecule has 1 aromatic heterocycles. The number of rotatable bonds is 8. The molecule has 2 heterocycles. The van der Waals surface area contributed by atoms with E-state index in [1.807, 2.05) is 24.3 Å². The minimum Gasteiger partial charge on any atom is -0.497 e. The molecule has 2 aromatic carbocycles. The van der Waals surface area contributed by atoms with Gasteiger partial charge in [-0.25, -0.2) is 4.39 Å². The smallest absolute Gasteiger partial charge is 0.123 e. The summed E-state index contributed by atoms with van der Waals surface area (Å²) < 4.78 is 18.9. The molecule has 1 N–H and O–H groups in total. The van der Waals surface area contributed by atoms with Crippen molar-refractivity contribution in [1.29, 1.82) is 10.5 Å². The van der Waals surface area contributed by atoms with Gasteiger partial charge in [0.05, 0.1) is 25.2 Å². The Morgan fingerprint density at radius 3 is 2.76 bits per heavy atom. The molecule has 0 amide bonds. The molecular weight excluding hydrogens is 447 g/mol. The lowest BCUT2D eigenvalue weighted by molar-refractivity contribution is 0.247. The first-order valence-electron chi connectivity index (χ1n) is 11.0. The number of fused-ring (bicyclic) bond motifs is 1. The van der Waals surface area contributed by atoms with Gasteiger partial charge in [0.1, 0.15) is 22.6 Å². The van der Waals surface area contributed by atoms with Gasteiger partial charge in [-0.1, -0.05) is 24.8 Å². The van der Waals surface area contributed by atoms with E-state index in [-0.39, 0.29) is 5.82 Å². The molecule has 0 aliphatic carbocycles. The standard InChI is InChI=1S/C27H25FN4OS/c1-18(10-21-11-19(6-8-29)13-23(14-21)33-2)31-27-24(15-30)25-17-32(9-7-26(25)34-27)16-20-4-3-5-22(28)12-20/h3-5,11-14,31H,1,6-7,9-10,16-17H2,2H3. The number of hydrogen-bond donors (Lipinski definition) is 1. The number of allylic oxidation sites excluding steroid dienone is 1. The molecule has 3 aromatic rings. The first-order chi connectivity index (χ1) is 16.5. The van der Waals surface area contributed by atoms with Gasteiger partial charge in [0, 0.05) is 42.2 Å². The molecule has 0 radical (unpaired) electrons. The molecular formula is C27H25FN4OS. The van der Waals surface area contributed by atoms with E-state index in [1.54, 1.807) is 30.6 Å². The number of benzene rings is 2. The van der Waals surface area contributed by atoms with E-state index in [1.165, 1.54) is 10.9 Å². The Hall–Kier alpha value is -3.65. The van der Waals surface area contributed by atoms with E-state index in [4.69, 9.17) is 10.00 Å². The van der Waals surface area contributed by atoms with Crippen LogP contribution >= 0.6 is 11.3 Å². The molecule has 1 aliphatic heterocycles. The summed E-state index contributed by atoms with van der Waals surface area (Å²) in [7, 11) is 1.61. The number of thiophene rings is 1. The Balaban J connectivity index is 1.48. The zero-order valence-electron chi connectivity index (χ0n) is 19.0. The van der Waals surface area contributed by atoms with Crippen LogP contribution in [0.15, 0.2) is 54.7 Å². The maximum atomic E-state index is 13.6. The minimum absolute atomic E-state index is 0.232. The van der Waals surface area contributed by atoms with Crippen molar-refractivity contribution < 1.29 is 9.13 Å². The molecule has 0 unspecified atom stereocenters. The highest BCUT2D eigenvalue weighted by atomic mass is 32.1. The molecule has 5 nitrogen and oxygen atoms in total. The van der Waals surface area contributed by atoms with Gasteiger partial charge < -0.3 is 10.1 Å². The highest BCUT2D eigenvalue weighted by Crippen LogP contribution is 2.37. The summed E-state index contributed by atoms with van der Waals surface area (Å²) in [4.78, 5) is 3.45. The average molecular weight is 473 g/mol. The molecule has 0 spiro atoms. The Morgan fingerprint density at radius 1 is 1.21 bits per heavy atom. The van der Waals surface area contributed by atoms with E-state index >= 15 is 0 Å². The summed E-state index contributed by atoms with van der Waals surface area (Å²) in [6, 6.07) is 17.0. The zero-order valence-corrected chi connectivity index (χ0v) is 19.8. The van der Waals surface area contributed by atoms with Gasteiger partial charge in [-0.3, -0.25) is 4.90 Å². The SMILES string of the molecule is C=C(Cc1cc(CC#N)cc(OC)c1)Nc1sc2c(c1C#N)CN(Cc1cccc(F)c1)CC2. The van der Waals surface area contributed by atoms with Crippen LogP contribution in [0.5, 0.6) is 5.75 Å². The topological polar surface area (TPSA) is 72.1 Å². The number of nitriles is 2. The lowest BCUT2D eigenvalue weighted by atomic mass is 10.0. The van der Waals surface area contributed by atoms with Gasteiger partial charge >= 0.3 is 0 Å². The molecule has 1 aliphatic rings. The van der Waals surface area contributed by atoms with Crippen LogP contribution in [0.3, 0.4) is 0 Å². The molecule has 0 fully saturated rings. The fraction of sp³-hybridized carbons (Fsp3) is 0.259. The first-order valence-corrected chi connectivity index (χ1v) is 11.8. The summed E-state index contributed by atoms with van der Waals surface area (Å²) in [5, 5.41) is 23.1. The summed E-state index contributed by atoms with van der Waals surface area (Å²) in [6.07, 6.45) is 1.72. The van der Waals surface area contributed by atoms with Crippen LogP contribution in [0.25, 0.3) is 0 Å². The van der Waals surface area contributed by atoms with E-state index in [0.29, 0.717) is 37.2 Å². The van der Waals surface area contributed by atoms with Crippen LogP contribution in [0.4, 0.5) is 9.39 Å². The fourth-order valence-electron chi connectivity index (χ4n) is 4.27. The lowest BCUT2D eigenvalue weighted by Gasteiger charge is -2.27. The Kier molecular flexibility index (Phi) is 7.27. The Bertz CT molecular complexity index is 1300. The van der Waals surface area contributed by atoms with Crippen molar-refractivity contribution in [2.24, 2.45) is 0 Å². The minimum atomic E-state index is -0.232. The maximum absolute atomic E-state index is 13.6. The van der Waals surface area contributed by atoms with Crippen molar-refractivity contribution in [2.75, 3.05) is 19.0 Å². The molecule has 7 heteroatoms. The van der Waals surface area contributed by atoms with Crippen LogP contribution in [-0.2, 0) is 32.4 Å². The third-order valence-corrected chi connectivity index (χ3v) is 6.99. The van der Waals surface area contributed by atoms with Gasteiger partial charge in [-0.2, -0.15) is 10.5 Å². The second kappa shape index (κ2) is 10.5. The molecule has 4 rings (SSSR count). The number of halogens is 1. The number of methoxy groups -OCH3 is 1. The van der Waals surface area contributed by atoms with E-state index in [2.05, 4.69) is 28.9 Å². The summed E-state index contributed by atoms with van der Waals surface area (Å²) >= 11 is 1.61. The molecule has 0 bridgehead atoms. The molecule has 172 valence electrons. The number of anilines is 1. The molecule has 0 atom stereocenters. The summed E-state index contributed by atoms with van der Waals surface area (Å²) in [5.74, 6) is 0.475. The fourth-order valence-corrected chi connectivity index (χ4v) is 5.47. The van der Waals surface area contributed by atoms with Crippen molar-refractivity contribution in [2.45, 2.75) is 32.4 Å². The normalized spacial score (nSPS) is 12.9. The third kappa shape index (κ3) is 5.46. The van der Waals surface area contributed by atoms with Gasteiger partial charge in [0.15, 0.2) is 0 Å². The van der Waals surface area contributed by atoms with Crippen LogP contribution in [0.1, 0.15) is 32.7 Å². The number of hydrogen-bond acceptors (Lipinski definition) is 6. The van der Waals surface area contributed by atoms with Crippen molar-refractivity contribution in [3.63, 3.8) is 0 Å². The Morgan fingerprint density at radius 2 is 2.03 bits per heavy atom. The lowest BCUT2D eigenvalue weighted by Crippen LogP contribution is -2.29. The first kappa shape index (κ1) is 23.5. The number of nitrogens with one attached hydrogen (secondary N) is 1. The van der Waals surface area contributed by atoms with Crippen molar-refractivity contribution in [1.82, 2.24) is 4.90 Å². The maximum Gasteiger partial charge on any atom is 0.123 e. The highest BCUT2D eigenvalue weighted by Gasteiger charge is 2.25. The van der Waals surface area contributed by atoms with Gasteiger partial charge in [0.25, 0.3) is 0 Å². The predicted molar refractivity (Wildman–Crippen MR) is 132 cm³/mol. The van der Waals surface area contributed by atoms with Crippen molar-refractivity contribution >= 4 is 16.3 Å². The van der Waals surface area contributed by atoms with Crippen molar-refractivity contribution in [3.05, 3.63) is 93.3 Å². The average Bonchev–Trinajstić information content (AvgIpc) is 3.15. The quantitative estimate of drug-likeness (QED) is 0.465. The van der Waals surface area contributed by atoms with E-state index in [0.717, 1.165) is 45.9 Å². The molecule has 0 saturated carbocycles. The van der Waals surface area contributed by atoms with Gasteiger partial charge in [-0.15, -0.1) is 11.3 Å². The monoisotopic (exact) mass is 472 g/mol. The Labute approximate surface area is 203 Å². The van der Waals surface area contributed by atoms with Gasteiger partial charge in [-0.05, 0) is 47.4 Å². The molecule has 0 saturated heterocycles. The van der Waals surface area contributed by atoms with Crippen LogP contribution in [0.2, 0.25) is 0 Å². The van der Waals surface area contributed by atoms with Crippen LogP contribution in [0, 0.1) is 28.5 Å². The predicted octanol–water partition coefficient (Wildman–Crippen LogP) is 5.56. The largest absolute Gasteiger partial charge is 0.497 e. The second-order valence-electron chi connectivity index (χ2n) is 8.34. The van der Waals surface area contributed by atoms with Gasteiger partial charge in [0.2, 0.25) is 0 Å². The van der Waals surface area contributed by atoms with E-state index < -0.39 is 0 Å². The second-order valence-corrected chi connectivity index (χ2v) is 9.45. The number of nitrogens with zero attached hydrogens (tertiary/aromatic N) is 3.